The van der Waals surface area contributed by atoms with Crippen LogP contribution in [-0.2, 0) is 14.8 Å². The van der Waals surface area contributed by atoms with E-state index in [-0.39, 0.29) is 16.7 Å². The molecule has 1 aromatic heterocycles. The van der Waals surface area contributed by atoms with Gasteiger partial charge in [-0.15, -0.1) is 0 Å². The average molecular weight is 534 g/mol. The van der Waals surface area contributed by atoms with Crippen molar-refractivity contribution in [3.8, 4) is 11.1 Å². The van der Waals surface area contributed by atoms with Crippen molar-refractivity contribution in [3.63, 3.8) is 0 Å². The summed E-state index contributed by atoms with van der Waals surface area (Å²) in [6, 6.07) is 12.2. The van der Waals surface area contributed by atoms with Gasteiger partial charge in [0.1, 0.15) is 0 Å². The maximum atomic E-state index is 12.9. The number of fused-ring (bicyclic) bond motifs is 1. The normalized spacial score (nSPS) is 17.1. The van der Waals surface area contributed by atoms with Crippen molar-refractivity contribution in [3.05, 3.63) is 70.5 Å². The third-order valence-corrected chi connectivity index (χ3v) is 8.74. The van der Waals surface area contributed by atoms with Gasteiger partial charge in [0.25, 0.3) is 11.8 Å². The molecule has 0 saturated carbocycles. The molecular weight excluding hydrogens is 502 g/mol. The molecule has 1 saturated heterocycles. The second kappa shape index (κ2) is 9.86. The van der Waals surface area contributed by atoms with E-state index in [9.17, 15) is 18.0 Å². The Morgan fingerprint density at radius 3 is 2.37 bits per heavy atom. The monoisotopic (exact) mass is 533 g/mol. The van der Waals surface area contributed by atoms with Crippen LogP contribution in [0.4, 0.5) is 5.69 Å². The van der Waals surface area contributed by atoms with Gasteiger partial charge in [-0.3, -0.25) is 9.59 Å². The van der Waals surface area contributed by atoms with E-state index in [4.69, 9.17) is 0 Å². The van der Waals surface area contributed by atoms with E-state index in [1.165, 1.54) is 19.2 Å². The number of hydrogen-bond acceptors (Lipinski definition) is 5. The van der Waals surface area contributed by atoms with E-state index in [0.717, 1.165) is 54.3 Å². The number of nitrogens with zero attached hydrogens (tertiary/aromatic N) is 2. The van der Waals surface area contributed by atoms with Gasteiger partial charge in [-0.1, -0.05) is 12.1 Å². The fourth-order valence-corrected chi connectivity index (χ4v) is 5.82. The summed E-state index contributed by atoms with van der Waals surface area (Å²) in [5, 5.41) is 2.81. The van der Waals surface area contributed by atoms with Crippen molar-refractivity contribution in [1.82, 2.24) is 19.5 Å². The number of carbonyl (C=O) groups excluding carboxylic acids is 2. The van der Waals surface area contributed by atoms with Crippen molar-refractivity contribution in [2.75, 3.05) is 45.6 Å². The maximum absolute atomic E-state index is 12.9. The zero-order valence-electron chi connectivity index (χ0n) is 21.9. The average Bonchev–Trinajstić information content (AvgIpc) is 3.37. The van der Waals surface area contributed by atoms with Gasteiger partial charge in [0.15, 0.2) is 0 Å². The number of anilines is 1. The van der Waals surface area contributed by atoms with Gasteiger partial charge in [-0.2, -0.15) is 0 Å². The summed E-state index contributed by atoms with van der Waals surface area (Å²) in [6.45, 7) is 7.14. The van der Waals surface area contributed by atoms with Crippen LogP contribution in [0.25, 0.3) is 22.8 Å². The number of carbonyl (C=O) groups is 2. The van der Waals surface area contributed by atoms with Crippen molar-refractivity contribution in [1.29, 1.82) is 0 Å². The molecule has 0 bridgehead atoms. The van der Waals surface area contributed by atoms with E-state index in [1.807, 2.05) is 43.0 Å². The van der Waals surface area contributed by atoms with Gasteiger partial charge in [0.05, 0.1) is 10.5 Å². The second-order valence-corrected chi connectivity index (χ2v) is 11.7. The number of benzene rings is 2. The Morgan fingerprint density at radius 2 is 1.71 bits per heavy atom. The minimum atomic E-state index is -3.65. The van der Waals surface area contributed by atoms with Crippen molar-refractivity contribution < 1.29 is 18.0 Å². The zero-order chi connectivity index (χ0) is 27.2. The van der Waals surface area contributed by atoms with E-state index < -0.39 is 10.0 Å². The van der Waals surface area contributed by atoms with Crippen LogP contribution in [0.2, 0.25) is 0 Å². The van der Waals surface area contributed by atoms with Crippen LogP contribution in [0.5, 0.6) is 0 Å². The molecule has 0 unspecified atom stereocenters. The smallest absolute Gasteiger partial charge is 0.256 e. The molecule has 2 aliphatic rings. The van der Waals surface area contributed by atoms with Gasteiger partial charge in [-0.05, 0) is 75.5 Å². The largest absolute Gasteiger partial charge is 0.358 e. The molecule has 0 atom stereocenters. The van der Waals surface area contributed by atoms with Crippen LogP contribution in [0.3, 0.4) is 0 Å². The molecule has 0 aliphatic carbocycles. The number of H-pyrrole nitrogens is 1. The Balaban J connectivity index is 1.45. The molecule has 38 heavy (non-hydrogen) atoms. The second-order valence-electron chi connectivity index (χ2n) is 9.76. The lowest BCUT2D eigenvalue weighted by Gasteiger charge is -2.32. The van der Waals surface area contributed by atoms with E-state index in [1.54, 1.807) is 12.1 Å². The third kappa shape index (κ3) is 4.66. The molecule has 1 fully saturated rings. The summed E-state index contributed by atoms with van der Waals surface area (Å²) in [4.78, 5) is 33.3. The van der Waals surface area contributed by atoms with Crippen molar-refractivity contribution in [2.24, 2.45) is 0 Å². The van der Waals surface area contributed by atoms with Crippen molar-refractivity contribution in [2.45, 2.75) is 18.7 Å². The molecule has 5 rings (SSSR count). The number of likely N-dealkylation sites (N-methyl/N-ethyl adjacent to an activating group) is 1. The predicted octanol–water partition coefficient (Wildman–Crippen LogP) is 3.09. The Labute approximate surface area is 222 Å². The highest BCUT2D eigenvalue weighted by Crippen LogP contribution is 2.37. The van der Waals surface area contributed by atoms with E-state index in [0.29, 0.717) is 22.4 Å². The van der Waals surface area contributed by atoms with Gasteiger partial charge in [-0.25, -0.2) is 13.1 Å². The highest BCUT2D eigenvalue weighted by atomic mass is 32.2. The minimum Gasteiger partial charge on any atom is -0.358 e. The number of aryl methyl sites for hydroxylation is 1. The van der Waals surface area contributed by atoms with E-state index in [2.05, 4.69) is 27.0 Å². The fraction of sp³-hybridized carbons (Fsp3) is 0.286. The third-order valence-electron chi connectivity index (χ3n) is 7.33. The summed E-state index contributed by atoms with van der Waals surface area (Å²) in [7, 11) is -0.240. The Hall–Kier alpha value is -3.73. The fourth-order valence-electron chi connectivity index (χ4n) is 5.06. The molecule has 3 heterocycles. The van der Waals surface area contributed by atoms with Crippen molar-refractivity contribution >= 4 is 39.2 Å². The topological polar surface area (TPSA) is 115 Å². The first-order chi connectivity index (χ1) is 18.1. The molecule has 9 nitrogen and oxygen atoms in total. The molecular formula is C28H31N5O4S. The summed E-state index contributed by atoms with van der Waals surface area (Å²) in [5.74, 6) is -0.248. The highest BCUT2D eigenvalue weighted by molar-refractivity contribution is 7.89. The number of aromatic nitrogens is 1. The van der Waals surface area contributed by atoms with Crippen LogP contribution in [0, 0.1) is 13.8 Å². The molecule has 2 amide bonds. The van der Waals surface area contributed by atoms with Gasteiger partial charge in [0, 0.05) is 59.9 Å². The number of amides is 2. The lowest BCUT2D eigenvalue weighted by molar-refractivity contribution is -0.110. The molecule has 10 heteroatoms. The summed E-state index contributed by atoms with van der Waals surface area (Å²) in [5.41, 5.74) is 6.76. The van der Waals surface area contributed by atoms with Gasteiger partial charge in [0.2, 0.25) is 10.0 Å². The summed E-state index contributed by atoms with van der Waals surface area (Å²) in [6.07, 6.45) is 1.76. The van der Waals surface area contributed by atoms with Crippen LogP contribution in [-0.4, -0.2) is 75.3 Å². The standard InChI is InChI=1S/C28H31N5O4S/c1-17-25(16-23-22-15-21(38(36,37)29-3)9-10-24(22)31-27(23)34)30-18(2)26(17)19-5-7-20(8-6-19)28(35)33-13-11-32(4)12-14-33/h5-10,15-16,29-30H,11-14H2,1-4H3,(H,31,34). The van der Waals surface area contributed by atoms with Crippen LogP contribution in [0.1, 0.15) is 32.9 Å². The molecule has 2 aromatic carbocycles. The Kier molecular flexibility index (Phi) is 6.72. The first-order valence-electron chi connectivity index (χ1n) is 12.5. The van der Waals surface area contributed by atoms with Crippen LogP contribution in [0.15, 0.2) is 47.4 Å². The molecule has 0 spiro atoms. The number of rotatable bonds is 5. The molecule has 0 radical (unpaired) electrons. The molecule has 3 aromatic rings. The number of aromatic amines is 1. The summed E-state index contributed by atoms with van der Waals surface area (Å²) >= 11 is 0. The predicted molar refractivity (Wildman–Crippen MR) is 148 cm³/mol. The van der Waals surface area contributed by atoms with E-state index >= 15 is 0 Å². The SMILES string of the molecule is CNS(=O)(=O)c1ccc2c(c1)C(=Cc1[nH]c(C)c(-c3ccc(C(=O)N4CCN(C)CC4)cc3)c1C)C(=O)N2. The number of nitrogens with one attached hydrogen (secondary N) is 3. The van der Waals surface area contributed by atoms with Crippen LogP contribution < -0.4 is 10.0 Å². The Bertz CT molecular complexity index is 1560. The van der Waals surface area contributed by atoms with Gasteiger partial charge >= 0.3 is 0 Å². The first-order valence-corrected chi connectivity index (χ1v) is 14.0. The number of sulfonamides is 1. The molecule has 3 N–H and O–H groups in total. The first kappa shape index (κ1) is 25.9. The number of hydrogen-bond donors (Lipinski definition) is 3. The molecule has 2 aliphatic heterocycles. The minimum absolute atomic E-state index is 0.0446. The highest BCUT2D eigenvalue weighted by Gasteiger charge is 2.27. The quantitative estimate of drug-likeness (QED) is 0.436. The Morgan fingerprint density at radius 1 is 1.03 bits per heavy atom. The molecule has 198 valence electrons. The number of piperazine rings is 1. The summed E-state index contributed by atoms with van der Waals surface area (Å²) < 4.78 is 26.9. The maximum Gasteiger partial charge on any atom is 0.256 e. The lowest BCUT2D eigenvalue weighted by atomic mass is 9.98. The van der Waals surface area contributed by atoms with Gasteiger partial charge < -0.3 is 20.1 Å². The van der Waals surface area contributed by atoms with Crippen LogP contribution >= 0.6 is 0 Å². The zero-order valence-corrected chi connectivity index (χ0v) is 22.7. The lowest BCUT2D eigenvalue weighted by Crippen LogP contribution is -2.47.